The molecular weight excluding hydrogens is 611 g/mol. The molecule has 0 bridgehead atoms. The van der Waals surface area contributed by atoms with Crippen molar-refractivity contribution in [3.63, 3.8) is 0 Å². The average molecular weight is 678 g/mol. The standard InChI is InChI=1S/C38H67NO5SSi/c1-15-17-31(35(41)37(9,10)33-22-23-42-38(11,12)43-33)34(40)27(3)19-16-18-26(2)20-21-32(44-46(13,14)36(6,7)8)28(4)24-30-25-45-29(5)39-30/h20,24-25,27,31-34,40H,15-19,21-23H2,1-14H3/b26-20-,28-24+/t27-,31+,32-,33-,34-/m0/s1. The molecular formula is C38H67NO5SSi. The lowest BCUT2D eigenvalue weighted by Crippen LogP contribution is -2.52. The lowest BCUT2D eigenvalue weighted by Gasteiger charge is -2.44. The Morgan fingerprint density at radius 1 is 1.22 bits per heavy atom. The van der Waals surface area contributed by atoms with E-state index in [-0.39, 0.29) is 28.9 Å². The van der Waals surface area contributed by atoms with E-state index in [0.29, 0.717) is 19.4 Å². The minimum atomic E-state index is -1.98. The summed E-state index contributed by atoms with van der Waals surface area (Å²) in [6, 6.07) is 0. The minimum Gasteiger partial charge on any atom is -0.410 e. The first-order valence-electron chi connectivity index (χ1n) is 17.6. The van der Waals surface area contributed by atoms with Gasteiger partial charge in [0.15, 0.2) is 14.1 Å². The number of allylic oxidation sites excluding steroid dienone is 1. The summed E-state index contributed by atoms with van der Waals surface area (Å²) in [5.74, 6) is -0.968. The van der Waals surface area contributed by atoms with Crippen LogP contribution in [0.15, 0.2) is 22.6 Å². The van der Waals surface area contributed by atoms with Crippen molar-refractivity contribution in [2.75, 3.05) is 6.61 Å². The number of aryl methyl sites for hydroxylation is 1. The van der Waals surface area contributed by atoms with Gasteiger partial charge in [0, 0.05) is 11.3 Å². The van der Waals surface area contributed by atoms with Crippen LogP contribution in [0.25, 0.3) is 6.08 Å². The number of ether oxygens (including phenoxy) is 2. The Bertz CT molecular complexity index is 1180. The summed E-state index contributed by atoms with van der Waals surface area (Å²) < 4.78 is 18.9. The molecule has 0 amide bonds. The molecule has 1 fully saturated rings. The van der Waals surface area contributed by atoms with Crippen LogP contribution < -0.4 is 0 Å². The lowest BCUT2D eigenvalue weighted by molar-refractivity contribution is -0.289. The lowest BCUT2D eigenvalue weighted by atomic mass is 9.71. The molecule has 2 heterocycles. The molecule has 1 aliphatic heterocycles. The van der Waals surface area contributed by atoms with Crippen LogP contribution in [-0.4, -0.2) is 54.9 Å². The van der Waals surface area contributed by atoms with E-state index in [1.54, 1.807) is 11.3 Å². The number of aliphatic hydroxyl groups excluding tert-OH is 1. The molecule has 264 valence electrons. The predicted octanol–water partition coefficient (Wildman–Crippen LogP) is 10.3. The van der Waals surface area contributed by atoms with Crippen molar-refractivity contribution in [1.29, 1.82) is 0 Å². The molecule has 2 rings (SSSR count). The van der Waals surface area contributed by atoms with Gasteiger partial charge >= 0.3 is 0 Å². The van der Waals surface area contributed by atoms with E-state index < -0.39 is 31.5 Å². The van der Waals surface area contributed by atoms with Gasteiger partial charge < -0.3 is 19.0 Å². The van der Waals surface area contributed by atoms with E-state index in [1.165, 1.54) is 11.1 Å². The van der Waals surface area contributed by atoms with Gasteiger partial charge in [-0.3, -0.25) is 4.79 Å². The second-order valence-electron chi connectivity index (χ2n) is 16.3. The number of hydrogen-bond acceptors (Lipinski definition) is 7. The summed E-state index contributed by atoms with van der Waals surface area (Å²) in [7, 11) is -1.98. The largest absolute Gasteiger partial charge is 0.410 e. The van der Waals surface area contributed by atoms with E-state index in [0.717, 1.165) is 42.8 Å². The van der Waals surface area contributed by atoms with Crippen molar-refractivity contribution in [3.05, 3.63) is 33.3 Å². The summed E-state index contributed by atoms with van der Waals surface area (Å²) >= 11 is 1.67. The first kappa shape index (κ1) is 41.0. The summed E-state index contributed by atoms with van der Waals surface area (Å²) in [5, 5.41) is 14.8. The zero-order chi connectivity index (χ0) is 35.1. The van der Waals surface area contributed by atoms with Crippen molar-refractivity contribution in [2.24, 2.45) is 17.3 Å². The van der Waals surface area contributed by atoms with Gasteiger partial charge in [-0.25, -0.2) is 4.98 Å². The summed E-state index contributed by atoms with van der Waals surface area (Å²) in [4.78, 5) is 18.6. The number of carbonyl (C=O) groups is 1. The summed E-state index contributed by atoms with van der Waals surface area (Å²) in [5.41, 5.74) is 2.85. The molecule has 0 aromatic carbocycles. The monoisotopic (exact) mass is 677 g/mol. The van der Waals surface area contributed by atoms with Gasteiger partial charge in [0.05, 0.1) is 41.0 Å². The van der Waals surface area contributed by atoms with Gasteiger partial charge in [-0.2, -0.15) is 0 Å². The second kappa shape index (κ2) is 17.0. The van der Waals surface area contributed by atoms with Crippen LogP contribution in [0.1, 0.15) is 132 Å². The number of Topliss-reactive ketones (excluding diaryl/α,β-unsaturated/α-hetero) is 1. The molecule has 0 radical (unpaired) electrons. The molecule has 1 N–H and O–H groups in total. The SMILES string of the molecule is CCC[C@@H](C(=O)C(C)(C)[C@@H]1CCOC(C)(C)O1)[C@@H](O)[C@@H](C)CCC/C(C)=C\C[C@H](O[Si](C)(C)C(C)(C)C)/C(C)=C/c1csc(C)n1. The maximum Gasteiger partial charge on any atom is 0.192 e. The molecule has 8 heteroatoms. The number of ketones is 1. The second-order valence-corrected chi connectivity index (χ2v) is 22.1. The molecule has 1 aromatic heterocycles. The van der Waals surface area contributed by atoms with E-state index in [9.17, 15) is 9.90 Å². The molecule has 0 saturated carbocycles. The van der Waals surface area contributed by atoms with Crippen molar-refractivity contribution in [2.45, 2.75) is 170 Å². The van der Waals surface area contributed by atoms with E-state index in [1.807, 2.05) is 34.6 Å². The third-order valence-electron chi connectivity index (χ3n) is 10.3. The first-order chi connectivity index (χ1) is 21.1. The first-order valence-corrected chi connectivity index (χ1v) is 21.4. The number of rotatable bonds is 17. The fourth-order valence-electron chi connectivity index (χ4n) is 6.07. The minimum absolute atomic E-state index is 0.00745. The molecule has 0 spiro atoms. The van der Waals surface area contributed by atoms with E-state index in [4.69, 9.17) is 13.9 Å². The van der Waals surface area contributed by atoms with Crippen LogP contribution in [0.3, 0.4) is 0 Å². The summed E-state index contributed by atoms with van der Waals surface area (Å²) in [6.07, 6.45) is 9.46. The Hall–Kier alpha value is -1.16. The van der Waals surface area contributed by atoms with Crippen LogP contribution in [0.2, 0.25) is 18.1 Å². The smallest absolute Gasteiger partial charge is 0.192 e. The Morgan fingerprint density at radius 3 is 2.41 bits per heavy atom. The van der Waals surface area contributed by atoms with Crippen LogP contribution in [0, 0.1) is 24.2 Å². The predicted molar refractivity (Wildman–Crippen MR) is 197 cm³/mol. The van der Waals surface area contributed by atoms with Crippen molar-refractivity contribution < 1.29 is 23.8 Å². The fraction of sp³-hybridized carbons (Fsp3) is 0.789. The van der Waals surface area contributed by atoms with Gasteiger partial charge in [0.2, 0.25) is 0 Å². The Morgan fingerprint density at radius 2 is 1.87 bits per heavy atom. The fourth-order valence-corrected chi connectivity index (χ4v) is 7.99. The quantitative estimate of drug-likeness (QED) is 0.131. The van der Waals surface area contributed by atoms with E-state index in [2.05, 4.69) is 84.1 Å². The molecule has 1 aromatic rings. The van der Waals surface area contributed by atoms with Crippen molar-refractivity contribution in [3.8, 4) is 0 Å². The topological polar surface area (TPSA) is 77.9 Å². The average Bonchev–Trinajstić information content (AvgIpc) is 3.35. The van der Waals surface area contributed by atoms with Gasteiger partial charge in [0.1, 0.15) is 5.78 Å². The molecule has 46 heavy (non-hydrogen) atoms. The summed E-state index contributed by atoms with van der Waals surface area (Å²) in [6.45, 7) is 30.4. The Kier molecular flexibility index (Phi) is 15.1. The number of thiazole rings is 1. The number of nitrogens with zero attached hydrogens (tertiary/aromatic N) is 1. The molecule has 0 unspecified atom stereocenters. The zero-order valence-electron chi connectivity index (χ0n) is 31.7. The maximum atomic E-state index is 14.0. The third-order valence-corrected chi connectivity index (χ3v) is 15.6. The molecule has 6 nitrogen and oxygen atoms in total. The van der Waals surface area contributed by atoms with Crippen LogP contribution >= 0.6 is 11.3 Å². The van der Waals surface area contributed by atoms with Crippen LogP contribution in [-0.2, 0) is 18.7 Å². The number of aliphatic hydroxyl groups is 1. The number of hydrogen-bond donors (Lipinski definition) is 1. The maximum absolute atomic E-state index is 14.0. The molecule has 0 aliphatic carbocycles. The Labute approximate surface area is 286 Å². The van der Waals surface area contributed by atoms with Crippen LogP contribution in [0.4, 0.5) is 0 Å². The molecule has 1 saturated heterocycles. The normalized spacial score (nSPS) is 21.2. The molecule has 1 aliphatic rings. The Balaban J connectivity index is 2.06. The highest BCUT2D eigenvalue weighted by molar-refractivity contribution is 7.09. The molecule has 5 atom stereocenters. The van der Waals surface area contributed by atoms with Crippen LogP contribution in [0.5, 0.6) is 0 Å². The van der Waals surface area contributed by atoms with Crippen molar-refractivity contribution in [1.82, 2.24) is 4.98 Å². The van der Waals surface area contributed by atoms with Gasteiger partial charge in [-0.05, 0) is 109 Å². The number of aromatic nitrogens is 1. The van der Waals surface area contributed by atoms with E-state index >= 15 is 0 Å². The zero-order valence-corrected chi connectivity index (χ0v) is 33.5. The highest BCUT2D eigenvalue weighted by Crippen LogP contribution is 2.40. The van der Waals surface area contributed by atoms with Gasteiger partial charge in [-0.1, -0.05) is 66.5 Å². The highest BCUT2D eigenvalue weighted by Gasteiger charge is 2.47. The third kappa shape index (κ3) is 11.8. The highest BCUT2D eigenvalue weighted by atomic mass is 32.1. The van der Waals surface area contributed by atoms with Crippen molar-refractivity contribution >= 4 is 31.5 Å². The van der Waals surface area contributed by atoms with Gasteiger partial charge in [-0.15, -0.1) is 11.3 Å². The number of carbonyl (C=O) groups excluding carboxylic acids is 1. The van der Waals surface area contributed by atoms with Gasteiger partial charge in [0.25, 0.3) is 0 Å².